The molecule has 1 N–H and O–H groups in total. The molecule has 3 aromatic rings. The Kier molecular flexibility index (Phi) is 11.8. The third kappa shape index (κ3) is 10.1. The van der Waals surface area contributed by atoms with E-state index in [4.69, 9.17) is 29.0 Å². The molecular weight excluding hydrogens is 822 g/mol. The Morgan fingerprint density at radius 2 is 1.44 bits per heavy atom. The van der Waals surface area contributed by atoms with Crippen LogP contribution in [-0.4, -0.2) is 91.0 Å². The number of hydrogen-bond donors (Lipinski definition) is 1. The van der Waals surface area contributed by atoms with E-state index in [1.807, 2.05) is 28.6 Å². The summed E-state index contributed by atoms with van der Waals surface area (Å²) in [4.78, 5) is 60.5. The maximum Gasteiger partial charge on any atom is 0.419 e. The number of esters is 1. The van der Waals surface area contributed by atoms with Crippen LogP contribution in [0.1, 0.15) is 152 Å². The number of benzene rings is 1. The summed E-state index contributed by atoms with van der Waals surface area (Å²) >= 11 is 0. The minimum atomic E-state index is -1.20. The summed E-state index contributed by atoms with van der Waals surface area (Å²) in [6, 6.07) is 6.10. The minimum Gasteiger partial charge on any atom is -0.478 e. The number of aromatic carboxylic acids is 1. The van der Waals surface area contributed by atoms with E-state index in [2.05, 4.69) is 13.8 Å². The minimum absolute atomic E-state index is 0.00139. The van der Waals surface area contributed by atoms with Gasteiger partial charge in [0.25, 0.3) is 0 Å². The number of ether oxygens (including phenoxy) is 4. The standard InChI is InChI=1S/C49H66FN5O9/c1-30-35(33-13-14-37(52-38(33)40(58)62-43(2,3)4)53-16-15-31-19-32(50)20-34(39(56)57)36(31)22-53)21-51-55(30)29-48-24-46(11)23-47(12,25-48)27-49(26-46,28-48)61-18-17-54(41(59)63-44(5,6)7)42(60)64-45(8,9)10/h13-14,19-21H,15-18,22-29H2,1-12H3,(H,56,57). The van der Waals surface area contributed by atoms with Gasteiger partial charge in [-0.1, -0.05) is 13.8 Å². The monoisotopic (exact) mass is 887 g/mol. The lowest BCUT2D eigenvalue weighted by molar-refractivity contribution is -0.248. The molecule has 2 aromatic heterocycles. The van der Waals surface area contributed by atoms with E-state index < -0.39 is 52.3 Å². The molecule has 5 aliphatic rings. The summed E-state index contributed by atoms with van der Waals surface area (Å²) in [5.74, 6) is -1.92. The first-order valence-electron chi connectivity index (χ1n) is 22.4. The van der Waals surface area contributed by atoms with Crippen LogP contribution in [-0.2, 0) is 38.5 Å². The normalized spacial score (nSPS) is 25.2. The van der Waals surface area contributed by atoms with Crippen LogP contribution < -0.4 is 4.90 Å². The lowest BCUT2D eigenvalue weighted by Gasteiger charge is -2.69. The van der Waals surface area contributed by atoms with Gasteiger partial charge in [-0.05, 0) is 166 Å². The first-order chi connectivity index (χ1) is 29.5. The molecule has 3 heterocycles. The van der Waals surface area contributed by atoms with E-state index in [0.29, 0.717) is 42.0 Å². The SMILES string of the molecule is Cc1c(-c2ccc(N3CCc4cc(F)cc(C(=O)O)c4C3)nc2C(=O)OC(C)(C)C)cnn1CC12CC3(C)CC(C)(C1)CC(OCCN(C(=O)OC(C)(C)C)C(=O)OC(C)(C)C)(C3)C2. The van der Waals surface area contributed by atoms with Crippen molar-refractivity contribution in [1.29, 1.82) is 0 Å². The largest absolute Gasteiger partial charge is 0.478 e. The smallest absolute Gasteiger partial charge is 0.419 e. The molecular formula is C49H66FN5O9. The number of amides is 2. The predicted octanol–water partition coefficient (Wildman–Crippen LogP) is 9.92. The lowest BCUT2D eigenvalue weighted by Crippen LogP contribution is -2.64. The molecule has 0 saturated heterocycles. The van der Waals surface area contributed by atoms with Crippen LogP contribution in [0.4, 0.5) is 19.8 Å². The maximum atomic E-state index is 14.3. The lowest BCUT2D eigenvalue weighted by atomic mass is 9.39. The van der Waals surface area contributed by atoms with Gasteiger partial charge in [0.2, 0.25) is 0 Å². The van der Waals surface area contributed by atoms with Crippen LogP contribution in [0.5, 0.6) is 0 Å². The van der Waals surface area contributed by atoms with Crippen LogP contribution in [0.15, 0.2) is 30.5 Å². The number of fused-ring (bicyclic) bond motifs is 1. The molecule has 14 nitrogen and oxygen atoms in total. The number of aromatic nitrogens is 3. The van der Waals surface area contributed by atoms with Gasteiger partial charge in [-0.25, -0.2) is 33.5 Å². The highest BCUT2D eigenvalue weighted by atomic mass is 19.1. The molecule has 2 amide bonds. The van der Waals surface area contributed by atoms with Crippen molar-refractivity contribution in [3.63, 3.8) is 0 Å². The first kappa shape index (κ1) is 46.9. The number of carboxylic acid groups (broad SMARTS) is 1. The van der Waals surface area contributed by atoms with Gasteiger partial charge in [-0.3, -0.25) is 4.68 Å². The third-order valence-electron chi connectivity index (χ3n) is 12.8. The van der Waals surface area contributed by atoms with Crippen molar-refractivity contribution in [2.45, 2.75) is 164 Å². The van der Waals surface area contributed by atoms with E-state index in [9.17, 15) is 28.7 Å². The molecule has 4 saturated carbocycles. The van der Waals surface area contributed by atoms with Crippen molar-refractivity contribution >= 4 is 29.9 Å². The average molecular weight is 888 g/mol. The molecule has 4 fully saturated rings. The molecule has 64 heavy (non-hydrogen) atoms. The van der Waals surface area contributed by atoms with Crippen molar-refractivity contribution in [2.24, 2.45) is 16.2 Å². The number of nitrogens with zero attached hydrogens (tertiary/aromatic N) is 5. The Morgan fingerprint density at radius 3 is 2.02 bits per heavy atom. The van der Waals surface area contributed by atoms with Gasteiger partial charge in [0.15, 0.2) is 5.69 Å². The fraction of sp³-hybridized carbons (Fsp3) is 0.633. The van der Waals surface area contributed by atoms with Crippen LogP contribution in [0.25, 0.3) is 11.1 Å². The summed E-state index contributed by atoms with van der Waals surface area (Å²) in [6.07, 6.45) is 6.22. The molecule has 1 aliphatic heterocycles. The highest BCUT2D eigenvalue weighted by molar-refractivity contribution is 5.96. The molecule has 8 rings (SSSR count). The van der Waals surface area contributed by atoms with Crippen molar-refractivity contribution in [2.75, 3.05) is 24.6 Å². The molecule has 2 unspecified atom stereocenters. The zero-order chi connectivity index (χ0) is 47.0. The second-order valence-electron chi connectivity index (χ2n) is 22.8. The molecule has 1 aromatic carbocycles. The van der Waals surface area contributed by atoms with Gasteiger partial charge >= 0.3 is 24.1 Å². The van der Waals surface area contributed by atoms with Gasteiger partial charge in [-0.15, -0.1) is 0 Å². The van der Waals surface area contributed by atoms with Gasteiger partial charge in [-0.2, -0.15) is 5.10 Å². The Balaban J connectivity index is 1.15. The zero-order valence-corrected chi connectivity index (χ0v) is 39.7. The highest BCUT2D eigenvalue weighted by Crippen LogP contribution is 2.72. The topological polar surface area (TPSA) is 163 Å². The molecule has 2 atom stereocenters. The Hall–Kier alpha value is -5.05. The van der Waals surface area contributed by atoms with Crippen molar-refractivity contribution < 1.29 is 47.6 Å². The predicted molar refractivity (Wildman–Crippen MR) is 238 cm³/mol. The molecule has 4 aliphatic carbocycles. The summed E-state index contributed by atoms with van der Waals surface area (Å²) in [5, 5.41) is 14.8. The molecule has 4 bridgehead atoms. The summed E-state index contributed by atoms with van der Waals surface area (Å²) < 4.78 is 40.4. The molecule has 0 radical (unpaired) electrons. The van der Waals surface area contributed by atoms with Crippen molar-refractivity contribution in [3.05, 3.63) is 64.4 Å². The number of anilines is 1. The average Bonchev–Trinajstić information content (AvgIpc) is 3.46. The first-order valence-corrected chi connectivity index (χ1v) is 22.4. The van der Waals surface area contributed by atoms with E-state index in [-0.39, 0.29) is 47.2 Å². The Bertz CT molecular complexity index is 2310. The number of imide groups is 1. The van der Waals surface area contributed by atoms with Crippen LogP contribution in [0.3, 0.4) is 0 Å². The fourth-order valence-electron chi connectivity index (χ4n) is 11.9. The Labute approximate surface area is 376 Å². The number of carbonyl (C=O) groups is 4. The van der Waals surface area contributed by atoms with Crippen molar-refractivity contribution in [1.82, 2.24) is 19.7 Å². The van der Waals surface area contributed by atoms with E-state index in [0.717, 1.165) is 60.7 Å². The summed E-state index contributed by atoms with van der Waals surface area (Å²) in [7, 11) is 0. The van der Waals surface area contributed by atoms with Crippen LogP contribution in [0, 0.1) is 29.0 Å². The Morgan fingerprint density at radius 1 is 0.828 bits per heavy atom. The van der Waals surface area contributed by atoms with Crippen molar-refractivity contribution in [3.8, 4) is 11.1 Å². The zero-order valence-electron chi connectivity index (χ0n) is 39.7. The number of rotatable bonds is 10. The maximum absolute atomic E-state index is 14.3. The van der Waals surface area contributed by atoms with Gasteiger partial charge in [0, 0.05) is 36.5 Å². The summed E-state index contributed by atoms with van der Waals surface area (Å²) in [6.45, 7) is 24.0. The van der Waals surface area contributed by atoms with Crippen LogP contribution in [0.2, 0.25) is 0 Å². The van der Waals surface area contributed by atoms with E-state index >= 15 is 0 Å². The number of pyridine rings is 1. The van der Waals surface area contributed by atoms with Gasteiger partial charge < -0.3 is 29.0 Å². The quantitative estimate of drug-likeness (QED) is 0.152. The van der Waals surface area contributed by atoms with E-state index in [1.165, 1.54) is 6.07 Å². The summed E-state index contributed by atoms with van der Waals surface area (Å²) in [5.41, 5.74) is 0.298. The van der Waals surface area contributed by atoms with Crippen LogP contribution >= 0.6 is 0 Å². The molecule has 0 spiro atoms. The van der Waals surface area contributed by atoms with Gasteiger partial charge in [0.1, 0.15) is 28.4 Å². The fourth-order valence-corrected chi connectivity index (χ4v) is 11.9. The molecule has 15 heteroatoms. The second kappa shape index (κ2) is 16.1. The van der Waals surface area contributed by atoms with Gasteiger partial charge in [0.05, 0.1) is 30.5 Å². The number of carbonyl (C=O) groups excluding carboxylic acids is 3. The second-order valence-corrected chi connectivity index (χ2v) is 22.8. The number of halogens is 1. The number of carboxylic acids is 1. The third-order valence-corrected chi connectivity index (χ3v) is 12.8. The molecule has 348 valence electrons. The number of hydrogen-bond acceptors (Lipinski definition) is 11. The van der Waals surface area contributed by atoms with E-state index in [1.54, 1.807) is 68.5 Å². The highest BCUT2D eigenvalue weighted by Gasteiger charge is 2.66.